The Morgan fingerprint density at radius 3 is 2.36 bits per heavy atom. The second-order valence-corrected chi connectivity index (χ2v) is 2.35. The van der Waals surface area contributed by atoms with E-state index in [1.54, 1.807) is 0 Å². The Bertz CT molecular complexity index is 175. The average Bonchev–Trinajstić information content (AvgIpc) is 1.98. The third-order valence-electron chi connectivity index (χ3n) is 1.38. The van der Waals surface area contributed by atoms with Crippen molar-refractivity contribution in [3.63, 3.8) is 0 Å². The van der Waals surface area contributed by atoms with Crippen molar-refractivity contribution >= 4 is 5.97 Å². The fourth-order valence-corrected chi connectivity index (χ4v) is 0.639. The van der Waals surface area contributed by atoms with Crippen LogP contribution in [0.5, 0.6) is 0 Å². The van der Waals surface area contributed by atoms with Gasteiger partial charge >= 0.3 is 5.97 Å². The van der Waals surface area contributed by atoms with Crippen LogP contribution in [0.2, 0.25) is 0 Å². The number of allylic oxidation sites excluding steroid dienone is 1. The van der Waals surface area contributed by atoms with Crippen LogP contribution in [-0.4, -0.2) is 11.1 Å². The van der Waals surface area contributed by atoms with Crippen molar-refractivity contribution in [1.82, 2.24) is 0 Å². The van der Waals surface area contributed by atoms with Gasteiger partial charge in [0.05, 0.1) is 0 Å². The molecular formula is C7H14N2O2. The molecule has 0 amide bonds. The lowest BCUT2D eigenvalue weighted by atomic mass is 10.2. The first kappa shape index (κ1) is 9.81. The molecule has 0 saturated heterocycles. The second kappa shape index (κ2) is 4.60. The predicted molar refractivity (Wildman–Crippen MR) is 42.6 cm³/mol. The maximum atomic E-state index is 10.2. The molecule has 0 fully saturated rings. The smallest absolute Gasteiger partial charge is 0.353 e. The first-order valence-corrected chi connectivity index (χ1v) is 3.57. The minimum atomic E-state index is -1.14. The molecule has 0 spiro atoms. The number of carbonyl (C=O) groups is 1. The summed E-state index contributed by atoms with van der Waals surface area (Å²) >= 11 is 0. The minimum absolute atomic E-state index is 0.224. The molecule has 0 aromatic carbocycles. The van der Waals surface area contributed by atoms with Gasteiger partial charge in [-0.25, -0.2) is 4.79 Å². The Balaban J connectivity index is 4.05. The monoisotopic (exact) mass is 158 g/mol. The van der Waals surface area contributed by atoms with E-state index in [0.717, 1.165) is 12.8 Å². The van der Waals surface area contributed by atoms with Crippen LogP contribution in [0.25, 0.3) is 0 Å². The molecule has 0 aromatic heterocycles. The van der Waals surface area contributed by atoms with Gasteiger partial charge in [-0.3, -0.25) is 0 Å². The van der Waals surface area contributed by atoms with Gasteiger partial charge in [-0.05, 0) is 12.8 Å². The minimum Gasteiger partial charge on any atom is -0.477 e. The van der Waals surface area contributed by atoms with Crippen LogP contribution >= 0.6 is 0 Å². The average molecular weight is 158 g/mol. The van der Waals surface area contributed by atoms with Gasteiger partial charge in [0.15, 0.2) is 0 Å². The van der Waals surface area contributed by atoms with Crippen molar-refractivity contribution in [3.05, 3.63) is 11.4 Å². The highest BCUT2D eigenvalue weighted by molar-refractivity contribution is 5.86. The van der Waals surface area contributed by atoms with Crippen LogP contribution in [-0.2, 0) is 4.79 Å². The normalized spacial score (nSPS) is 12.5. The number of carboxylic acids is 1. The van der Waals surface area contributed by atoms with Crippen LogP contribution in [0.15, 0.2) is 11.4 Å². The van der Waals surface area contributed by atoms with Gasteiger partial charge in [-0.15, -0.1) is 0 Å². The number of hydrogen-bond donors (Lipinski definition) is 3. The molecule has 0 heterocycles. The highest BCUT2D eigenvalue weighted by Crippen LogP contribution is 2.03. The molecule has 0 rings (SSSR count). The van der Waals surface area contributed by atoms with Gasteiger partial charge < -0.3 is 16.6 Å². The summed E-state index contributed by atoms with van der Waals surface area (Å²) in [6.07, 6.45) is 2.42. The lowest BCUT2D eigenvalue weighted by Gasteiger charge is -2.01. The summed E-state index contributed by atoms with van der Waals surface area (Å²) in [5, 5.41) is 8.39. The fourth-order valence-electron chi connectivity index (χ4n) is 0.639. The molecule has 0 aliphatic carbocycles. The highest BCUT2D eigenvalue weighted by atomic mass is 16.4. The quantitative estimate of drug-likeness (QED) is 0.516. The molecule has 0 radical (unpaired) electrons. The molecule has 0 atom stereocenters. The van der Waals surface area contributed by atoms with Gasteiger partial charge in [-0.2, -0.15) is 0 Å². The number of aliphatic carboxylic acids is 1. The predicted octanol–water partition coefficient (Wildman–Crippen LogP) is 0.390. The Morgan fingerprint density at radius 1 is 1.45 bits per heavy atom. The topological polar surface area (TPSA) is 89.3 Å². The summed E-state index contributed by atoms with van der Waals surface area (Å²) in [6.45, 7) is 2.00. The van der Waals surface area contributed by atoms with E-state index in [0.29, 0.717) is 6.42 Å². The summed E-state index contributed by atoms with van der Waals surface area (Å²) in [6, 6.07) is 0. The van der Waals surface area contributed by atoms with Crippen molar-refractivity contribution in [2.75, 3.05) is 0 Å². The zero-order valence-corrected chi connectivity index (χ0v) is 6.63. The Kier molecular flexibility index (Phi) is 4.10. The summed E-state index contributed by atoms with van der Waals surface area (Å²) in [7, 11) is 0. The third kappa shape index (κ3) is 3.50. The molecule has 0 unspecified atom stereocenters. The second-order valence-electron chi connectivity index (χ2n) is 2.35. The van der Waals surface area contributed by atoms with E-state index in [2.05, 4.69) is 0 Å². The van der Waals surface area contributed by atoms with E-state index < -0.39 is 5.97 Å². The van der Waals surface area contributed by atoms with Crippen molar-refractivity contribution < 1.29 is 9.90 Å². The Hall–Kier alpha value is -1.19. The standard InChI is InChI=1S/C7H14N2O2/c1-2-3-4-5(8)6(9)7(10)11/h2-4,8-9H2,1H3,(H,10,11)/b6-5-. The van der Waals surface area contributed by atoms with E-state index in [4.69, 9.17) is 16.6 Å². The van der Waals surface area contributed by atoms with Gasteiger partial charge in [0.25, 0.3) is 0 Å². The Morgan fingerprint density at radius 2 is 2.00 bits per heavy atom. The number of nitrogens with two attached hydrogens (primary N) is 2. The summed E-state index contributed by atoms with van der Waals surface area (Å²) in [5.41, 5.74) is 10.6. The molecule has 0 aliphatic heterocycles. The molecular weight excluding hydrogens is 144 g/mol. The van der Waals surface area contributed by atoms with Crippen molar-refractivity contribution in [2.24, 2.45) is 11.5 Å². The number of hydrogen-bond acceptors (Lipinski definition) is 3. The largest absolute Gasteiger partial charge is 0.477 e. The molecule has 5 N–H and O–H groups in total. The zero-order valence-electron chi connectivity index (χ0n) is 6.63. The molecule has 0 saturated carbocycles. The number of rotatable bonds is 4. The number of carboxylic acid groups (broad SMARTS) is 1. The molecule has 64 valence electrons. The molecule has 0 bridgehead atoms. The van der Waals surface area contributed by atoms with Crippen molar-refractivity contribution in [2.45, 2.75) is 26.2 Å². The van der Waals surface area contributed by atoms with Gasteiger partial charge in [0, 0.05) is 5.70 Å². The van der Waals surface area contributed by atoms with E-state index >= 15 is 0 Å². The van der Waals surface area contributed by atoms with Crippen LogP contribution in [0.1, 0.15) is 26.2 Å². The van der Waals surface area contributed by atoms with Crippen molar-refractivity contribution in [1.29, 1.82) is 0 Å². The van der Waals surface area contributed by atoms with E-state index in [9.17, 15) is 4.79 Å². The van der Waals surface area contributed by atoms with Gasteiger partial charge in [-0.1, -0.05) is 13.3 Å². The molecule has 4 heteroatoms. The van der Waals surface area contributed by atoms with E-state index in [1.165, 1.54) is 0 Å². The first-order chi connectivity index (χ1) is 5.09. The van der Waals surface area contributed by atoms with Gasteiger partial charge in [0.2, 0.25) is 0 Å². The third-order valence-corrected chi connectivity index (χ3v) is 1.38. The van der Waals surface area contributed by atoms with E-state index in [-0.39, 0.29) is 11.4 Å². The zero-order chi connectivity index (χ0) is 8.85. The lowest BCUT2D eigenvalue weighted by molar-refractivity contribution is -0.132. The fraction of sp³-hybridized carbons (Fsp3) is 0.571. The van der Waals surface area contributed by atoms with Gasteiger partial charge in [0.1, 0.15) is 5.70 Å². The first-order valence-electron chi connectivity index (χ1n) is 3.57. The van der Waals surface area contributed by atoms with Crippen LogP contribution in [0.4, 0.5) is 0 Å². The molecule has 0 aromatic rings. The van der Waals surface area contributed by atoms with Crippen LogP contribution in [0, 0.1) is 0 Å². The maximum Gasteiger partial charge on any atom is 0.353 e. The van der Waals surface area contributed by atoms with Crippen LogP contribution < -0.4 is 11.5 Å². The summed E-state index contributed by atoms with van der Waals surface area (Å²) in [4.78, 5) is 10.2. The molecule has 0 aliphatic rings. The van der Waals surface area contributed by atoms with Crippen LogP contribution in [0.3, 0.4) is 0 Å². The highest BCUT2D eigenvalue weighted by Gasteiger charge is 2.05. The SMILES string of the molecule is CCCC/C(N)=C(/N)C(=O)O. The van der Waals surface area contributed by atoms with Crippen molar-refractivity contribution in [3.8, 4) is 0 Å². The van der Waals surface area contributed by atoms with E-state index in [1.807, 2.05) is 6.92 Å². The summed E-state index contributed by atoms with van der Waals surface area (Å²) < 4.78 is 0. The number of unbranched alkanes of at least 4 members (excludes halogenated alkanes) is 1. The Labute approximate surface area is 65.9 Å². The molecule has 11 heavy (non-hydrogen) atoms. The molecule has 4 nitrogen and oxygen atoms in total. The lowest BCUT2D eigenvalue weighted by Crippen LogP contribution is -2.17. The maximum absolute atomic E-state index is 10.2. The summed E-state index contributed by atoms with van der Waals surface area (Å²) in [5.74, 6) is -1.14.